The molecule has 4 heterocycles. The molecule has 0 aromatic carbocycles. The highest BCUT2D eigenvalue weighted by Gasteiger charge is 1.92. The Bertz CT molecular complexity index is 809. The van der Waals surface area contributed by atoms with Gasteiger partial charge in [-0.3, -0.25) is 0 Å². The van der Waals surface area contributed by atoms with Gasteiger partial charge in [0, 0.05) is 42.8 Å². The second-order valence-electron chi connectivity index (χ2n) is 7.28. The lowest BCUT2D eigenvalue weighted by Gasteiger charge is -1.93. The molecule has 0 saturated heterocycles. The topological polar surface area (TPSA) is 23.0 Å². The molecule has 4 aromatic rings. The SMILES string of the molecule is Cc1cccn1C.Cc1ccn(C)c1C.Cc1ccoc1C.Cc1ccsc1C. The quantitative estimate of drug-likeness (QED) is 0.298. The molecule has 4 rings (SSSR count). The van der Waals surface area contributed by atoms with Crippen LogP contribution in [0.2, 0.25) is 0 Å². The first-order chi connectivity index (χ1) is 13.6. The molecule has 4 heteroatoms. The van der Waals surface area contributed by atoms with Crippen molar-refractivity contribution in [1.82, 2.24) is 9.13 Å². The van der Waals surface area contributed by atoms with Crippen LogP contribution >= 0.6 is 11.3 Å². The van der Waals surface area contributed by atoms with Crippen molar-refractivity contribution in [2.75, 3.05) is 0 Å². The summed E-state index contributed by atoms with van der Waals surface area (Å²) in [6.45, 7) is 14.6. The summed E-state index contributed by atoms with van der Waals surface area (Å²) in [5.41, 5.74) is 6.66. The van der Waals surface area contributed by atoms with E-state index in [2.05, 4.69) is 80.6 Å². The van der Waals surface area contributed by atoms with Crippen LogP contribution in [-0.4, -0.2) is 9.13 Å². The van der Waals surface area contributed by atoms with E-state index in [1.165, 1.54) is 33.0 Å². The highest BCUT2D eigenvalue weighted by Crippen LogP contribution is 2.12. The molecule has 0 atom stereocenters. The average molecular weight is 413 g/mol. The predicted molar refractivity (Wildman–Crippen MR) is 127 cm³/mol. The van der Waals surface area contributed by atoms with Crippen molar-refractivity contribution in [1.29, 1.82) is 0 Å². The fourth-order valence-corrected chi connectivity index (χ4v) is 2.91. The van der Waals surface area contributed by atoms with Crippen LogP contribution in [0.3, 0.4) is 0 Å². The summed E-state index contributed by atoms with van der Waals surface area (Å²) < 4.78 is 9.17. The second-order valence-corrected chi connectivity index (χ2v) is 8.40. The van der Waals surface area contributed by atoms with Gasteiger partial charge in [-0.25, -0.2) is 0 Å². The van der Waals surface area contributed by atoms with Crippen LogP contribution in [0.25, 0.3) is 0 Å². The predicted octanol–water partition coefficient (Wildman–Crippen LogP) is 7.24. The van der Waals surface area contributed by atoms with Crippen LogP contribution in [0.5, 0.6) is 0 Å². The molecule has 4 aromatic heterocycles. The third kappa shape index (κ3) is 8.61. The van der Waals surface area contributed by atoms with Crippen molar-refractivity contribution in [2.24, 2.45) is 14.1 Å². The maximum Gasteiger partial charge on any atom is 0.103 e. The Morgan fingerprint density at radius 2 is 1.41 bits per heavy atom. The third-order valence-electron chi connectivity index (χ3n) is 5.09. The Labute approximate surface area is 180 Å². The molecule has 0 bridgehead atoms. The minimum Gasteiger partial charge on any atom is -0.469 e. The lowest BCUT2D eigenvalue weighted by atomic mass is 10.3. The summed E-state index contributed by atoms with van der Waals surface area (Å²) in [5, 5.41) is 2.12. The Morgan fingerprint density at radius 3 is 1.55 bits per heavy atom. The lowest BCUT2D eigenvalue weighted by molar-refractivity contribution is 0.532. The molecule has 0 fully saturated rings. The fourth-order valence-electron chi connectivity index (χ4n) is 2.18. The monoisotopic (exact) mass is 412 g/mol. The number of nitrogens with zero attached hydrogens (tertiary/aromatic N) is 2. The Balaban J connectivity index is 0.000000194. The van der Waals surface area contributed by atoms with Gasteiger partial charge in [0.05, 0.1) is 6.26 Å². The molecule has 0 unspecified atom stereocenters. The Hall–Kier alpha value is -2.46. The van der Waals surface area contributed by atoms with Crippen LogP contribution in [0.1, 0.15) is 38.7 Å². The minimum atomic E-state index is 1.01. The summed E-state index contributed by atoms with van der Waals surface area (Å²) in [7, 11) is 4.09. The molecule has 0 amide bonds. The van der Waals surface area contributed by atoms with E-state index in [0.717, 1.165) is 5.76 Å². The highest BCUT2D eigenvalue weighted by molar-refractivity contribution is 7.10. The van der Waals surface area contributed by atoms with Crippen LogP contribution in [0.4, 0.5) is 0 Å². The number of hydrogen-bond donors (Lipinski definition) is 0. The molecule has 0 N–H and O–H groups in total. The van der Waals surface area contributed by atoms with Crippen LogP contribution in [0, 0.1) is 48.5 Å². The highest BCUT2D eigenvalue weighted by atomic mass is 32.1. The lowest BCUT2D eigenvalue weighted by Crippen LogP contribution is -1.87. The summed E-state index contributed by atoms with van der Waals surface area (Å²) in [4.78, 5) is 1.43. The van der Waals surface area contributed by atoms with E-state index in [-0.39, 0.29) is 0 Å². The van der Waals surface area contributed by atoms with Gasteiger partial charge in [-0.2, -0.15) is 0 Å². The van der Waals surface area contributed by atoms with Crippen molar-refractivity contribution in [3.8, 4) is 0 Å². The summed E-state index contributed by atoms with van der Waals surface area (Å²) in [6, 6.07) is 10.3. The van der Waals surface area contributed by atoms with Crippen LogP contribution in [0.15, 0.2) is 58.8 Å². The molecule has 3 nitrogen and oxygen atoms in total. The first-order valence-electron chi connectivity index (χ1n) is 9.81. The maximum absolute atomic E-state index is 4.96. The molecule has 158 valence electrons. The number of rotatable bonds is 0. The number of thiophene rings is 1. The molecule has 0 radical (unpaired) electrons. The molecule has 0 aliphatic rings. The minimum absolute atomic E-state index is 1.01. The van der Waals surface area contributed by atoms with Crippen molar-refractivity contribution >= 4 is 11.3 Å². The zero-order chi connectivity index (χ0) is 22.0. The van der Waals surface area contributed by atoms with Crippen molar-refractivity contribution in [2.45, 2.75) is 48.5 Å². The van der Waals surface area contributed by atoms with E-state index in [1.807, 2.05) is 39.2 Å². The molecule has 29 heavy (non-hydrogen) atoms. The van der Waals surface area contributed by atoms with Gasteiger partial charge in [-0.1, -0.05) is 0 Å². The molecular weight excluding hydrogens is 376 g/mol. The van der Waals surface area contributed by atoms with Crippen molar-refractivity contribution in [3.63, 3.8) is 0 Å². The van der Waals surface area contributed by atoms with Gasteiger partial charge < -0.3 is 13.6 Å². The first kappa shape index (κ1) is 24.6. The third-order valence-corrected chi connectivity index (χ3v) is 6.04. The number of aromatic nitrogens is 2. The second kappa shape index (κ2) is 12.2. The summed E-state index contributed by atoms with van der Waals surface area (Å²) in [5.74, 6) is 1.01. The van der Waals surface area contributed by atoms with Gasteiger partial charge in [-0.05, 0) is 101 Å². The van der Waals surface area contributed by atoms with E-state index in [9.17, 15) is 0 Å². The average Bonchev–Trinajstić information content (AvgIpc) is 3.43. The molecule has 0 aliphatic carbocycles. The van der Waals surface area contributed by atoms with E-state index in [4.69, 9.17) is 4.42 Å². The van der Waals surface area contributed by atoms with Gasteiger partial charge in [0.15, 0.2) is 0 Å². The van der Waals surface area contributed by atoms with Crippen LogP contribution in [-0.2, 0) is 14.1 Å². The van der Waals surface area contributed by atoms with Gasteiger partial charge in [0.2, 0.25) is 0 Å². The standard InChI is InChI=1S/C7H11N.C6H9N.C6H8O.C6H8S/c1-6-4-5-8(3)7(6)2;1-6-4-3-5-7(6)2;2*1-5-3-4-7-6(5)2/h4-5H,1-3H3;3-5H,1-2H3;2*3-4H,1-2H3. The van der Waals surface area contributed by atoms with Gasteiger partial charge >= 0.3 is 0 Å². The van der Waals surface area contributed by atoms with E-state index < -0.39 is 0 Å². The van der Waals surface area contributed by atoms with Crippen molar-refractivity contribution < 1.29 is 4.42 Å². The summed E-state index contributed by atoms with van der Waals surface area (Å²) in [6.07, 6.45) is 5.81. The first-order valence-corrected chi connectivity index (χ1v) is 10.7. The van der Waals surface area contributed by atoms with Crippen molar-refractivity contribution in [3.05, 3.63) is 93.1 Å². The molecular formula is C25H36N2OS. The fraction of sp³-hybridized carbons (Fsp3) is 0.360. The zero-order valence-corrected chi connectivity index (χ0v) is 20.2. The number of aryl methyl sites for hydroxylation is 8. The Kier molecular flexibility index (Phi) is 10.3. The van der Waals surface area contributed by atoms with E-state index in [0.29, 0.717) is 0 Å². The normalized spacial score (nSPS) is 9.55. The molecule has 0 spiro atoms. The summed E-state index contributed by atoms with van der Waals surface area (Å²) >= 11 is 1.80. The molecule has 0 saturated carbocycles. The van der Waals surface area contributed by atoms with E-state index >= 15 is 0 Å². The van der Waals surface area contributed by atoms with Crippen LogP contribution < -0.4 is 0 Å². The van der Waals surface area contributed by atoms with Gasteiger partial charge in [0.1, 0.15) is 5.76 Å². The smallest absolute Gasteiger partial charge is 0.103 e. The maximum atomic E-state index is 4.96. The largest absolute Gasteiger partial charge is 0.469 e. The van der Waals surface area contributed by atoms with Gasteiger partial charge in [0.25, 0.3) is 0 Å². The molecule has 0 aliphatic heterocycles. The Morgan fingerprint density at radius 1 is 0.724 bits per heavy atom. The number of hydrogen-bond acceptors (Lipinski definition) is 2. The zero-order valence-electron chi connectivity index (χ0n) is 19.4. The number of furan rings is 1. The van der Waals surface area contributed by atoms with E-state index in [1.54, 1.807) is 17.6 Å². The van der Waals surface area contributed by atoms with Gasteiger partial charge in [-0.15, -0.1) is 11.3 Å².